The summed E-state index contributed by atoms with van der Waals surface area (Å²) < 4.78 is 60.8. The van der Waals surface area contributed by atoms with Crippen LogP contribution in [0.25, 0.3) is 0 Å². The van der Waals surface area contributed by atoms with Crippen molar-refractivity contribution in [3.8, 4) is 5.75 Å². The van der Waals surface area contributed by atoms with Crippen LogP contribution >= 0.6 is 0 Å². The molecule has 0 spiro atoms. The Morgan fingerprint density at radius 2 is 1.66 bits per heavy atom. The minimum absolute atomic E-state index is 0.116. The van der Waals surface area contributed by atoms with Crippen LogP contribution in [0.4, 0.5) is 17.6 Å². The lowest BCUT2D eigenvalue weighted by Gasteiger charge is -2.18. The number of benzene rings is 2. The number of ether oxygens (including phenoxy) is 1. The van der Waals surface area contributed by atoms with Crippen LogP contribution in [0, 0.1) is 37.1 Å². The highest BCUT2D eigenvalue weighted by Gasteiger charge is 2.21. The number of amides is 1. The first-order chi connectivity index (χ1) is 15.1. The van der Waals surface area contributed by atoms with Gasteiger partial charge in [0.25, 0.3) is 5.91 Å². The van der Waals surface area contributed by atoms with E-state index in [1.54, 1.807) is 24.1 Å². The lowest BCUT2D eigenvalue weighted by atomic mass is 10.1. The fourth-order valence-electron chi connectivity index (χ4n) is 3.38. The first-order valence-corrected chi connectivity index (χ1v) is 9.97. The standard InChI is InChI=1S/C23H23F4N3O2/c1-5-30-14(3)17(13(2)28-30)11-29(4)23(31)16-8-6-15(7-9-16)12-32-22-20(26)18(24)10-19(25)21(22)27/h6-10H,5,11-12H2,1-4H3. The Morgan fingerprint density at radius 1 is 1.06 bits per heavy atom. The maximum absolute atomic E-state index is 13.7. The third-order valence-corrected chi connectivity index (χ3v) is 5.23. The first kappa shape index (κ1) is 23.3. The summed E-state index contributed by atoms with van der Waals surface area (Å²) in [7, 11) is 1.69. The Kier molecular flexibility index (Phi) is 6.86. The zero-order valence-corrected chi connectivity index (χ0v) is 18.2. The van der Waals surface area contributed by atoms with E-state index in [-0.39, 0.29) is 18.6 Å². The topological polar surface area (TPSA) is 47.4 Å². The van der Waals surface area contributed by atoms with E-state index in [1.807, 2.05) is 25.5 Å². The highest BCUT2D eigenvalue weighted by atomic mass is 19.2. The zero-order valence-electron chi connectivity index (χ0n) is 18.2. The van der Waals surface area contributed by atoms with Crippen LogP contribution in [0.1, 0.15) is 39.8 Å². The monoisotopic (exact) mass is 449 g/mol. The summed E-state index contributed by atoms with van der Waals surface area (Å²) in [4.78, 5) is 14.4. The van der Waals surface area contributed by atoms with E-state index in [0.29, 0.717) is 17.7 Å². The molecule has 0 aliphatic rings. The van der Waals surface area contributed by atoms with Gasteiger partial charge in [0.1, 0.15) is 6.61 Å². The maximum Gasteiger partial charge on any atom is 0.253 e. The zero-order chi connectivity index (χ0) is 23.6. The molecule has 0 aliphatic carbocycles. The van der Waals surface area contributed by atoms with Crippen LogP contribution in [0.3, 0.4) is 0 Å². The number of aryl methyl sites for hydroxylation is 2. The van der Waals surface area contributed by atoms with Crippen LogP contribution in [-0.2, 0) is 19.7 Å². The molecule has 0 unspecified atom stereocenters. The van der Waals surface area contributed by atoms with Crippen molar-refractivity contribution in [2.75, 3.05) is 7.05 Å². The van der Waals surface area contributed by atoms with E-state index in [0.717, 1.165) is 23.5 Å². The van der Waals surface area contributed by atoms with Crippen molar-refractivity contribution in [2.45, 2.75) is 40.5 Å². The summed E-state index contributed by atoms with van der Waals surface area (Å²) >= 11 is 0. The second-order valence-electron chi connectivity index (χ2n) is 7.41. The van der Waals surface area contributed by atoms with E-state index in [1.165, 1.54) is 12.1 Å². The molecule has 0 saturated carbocycles. The van der Waals surface area contributed by atoms with E-state index in [4.69, 9.17) is 4.74 Å². The molecule has 0 radical (unpaired) electrons. The molecular weight excluding hydrogens is 426 g/mol. The van der Waals surface area contributed by atoms with Gasteiger partial charge < -0.3 is 9.64 Å². The molecule has 1 aromatic heterocycles. The summed E-state index contributed by atoms with van der Waals surface area (Å²) in [6, 6.07) is 6.29. The Balaban J connectivity index is 1.68. The number of rotatable bonds is 7. The molecule has 0 atom stereocenters. The smallest absolute Gasteiger partial charge is 0.253 e. The van der Waals surface area contributed by atoms with Crippen LogP contribution in [0.5, 0.6) is 5.75 Å². The summed E-state index contributed by atoms with van der Waals surface area (Å²) in [5, 5.41) is 4.46. The van der Waals surface area contributed by atoms with E-state index in [2.05, 4.69) is 5.10 Å². The molecule has 0 aliphatic heterocycles. The number of carbonyl (C=O) groups is 1. The molecule has 3 rings (SSSR count). The van der Waals surface area contributed by atoms with Gasteiger partial charge in [-0.1, -0.05) is 12.1 Å². The minimum atomic E-state index is -1.60. The van der Waals surface area contributed by atoms with Crippen molar-refractivity contribution in [2.24, 2.45) is 0 Å². The van der Waals surface area contributed by atoms with Gasteiger partial charge in [-0.15, -0.1) is 0 Å². The minimum Gasteiger partial charge on any atom is -0.483 e. The molecule has 32 heavy (non-hydrogen) atoms. The molecule has 0 N–H and O–H groups in total. The number of hydrogen-bond acceptors (Lipinski definition) is 3. The molecule has 0 saturated heterocycles. The third kappa shape index (κ3) is 4.61. The molecular formula is C23H23F4N3O2. The van der Waals surface area contributed by atoms with Crippen molar-refractivity contribution in [3.63, 3.8) is 0 Å². The normalized spacial score (nSPS) is 11.0. The molecule has 9 heteroatoms. The van der Waals surface area contributed by atoms with Crippen molar-refractivity contribution >= 4 is 5.91 Å². The average Bonchev–Trinajstić information content (AvgIpc) is 3.05. The van der Waals surface area contributed by atoms with Gasteiger partial charge in [0.2, 0.25) is 11.6 Å². The number of aromatic nitrogens is 2. The average molecular weight is 449 g/mol. The number of carbonyl (C=O) groups excluding carboxylic acids is 1. The Labute approximate surface area is 183 Å². The van der Waals surface area contributed by atoms with Gasteiger partial charge >= 0.3 is 0 Å². The first-order valence-electron chi connectivity index (χ1n) is 9.97. The Bertz CT molecular complexity index is 1120. The molecule has 0 bridgehead atoms. The molecule has 1 amide bonds. The van der Waals surface area contributed by atoms with Crippen molar-refractivity contribution < 1.29 is 27.1 Å². The lowest BCUT2D eigenvalue weighted by molar-refractivity contribution is 0.0784. The summed E-state index contributed by atoms with van der Waals surface area (Å²) in [6.45, 7) is 6.65. The van der Waals surface area contributed by atoms with Gasteiger partial charge in [0.05, 0.1) is 5.69 Å². The number of hydrogen-bond donors (Lipinski definition) is 0. The van der Waals surface area contributed by atoms with Crippen molar-refractivity contribution in [1.29, 1.82) is 0 Å². The number of halogens is 4. The molecule has 1 heterocycles. The fourth-order valence-corrected chi connectivity index (χ4v) is 3.38. The Hall–Kier alpha value is -3.36. The highest BCUT2D eigenvalue weighted by molar-refractivity contribution is 5.94. The second kappa shape index (κ2) is 9.42. The van der Waals surface area contributed by atoms with Gasteiger partial charge in [-0.05, 0) is 38.5 Å². The number of nitrogens with zero attached hydrogens (tertiary/aromatic N) is 3. The van der Waals surface area contributed by atoms with Crippen molar-refractivity contribution in [1.82, 2.24) is 14.7 Å². The van der Waals surface area contributed by atoms with E-state index >= 15 is 0 Å². The van der Waals surface area contributed by atoms with Crippen LogP contribution < -0.4 is 4.74 Å². The Morgan fingerprint density at radius 3 is 2.19 bits per heavy atom. The van der Waals surface area contributed by atoms with E-state index in [9.17, 15) is 22.4 Å². The van der Waals surface area contributed by atoms with Gasteiger partial charge in [-0.25, -0.2) is 8.78 Å². The molecule has 2 aromatic carbocycles. The summed E-state index contributed by atoms with van der Waals surface area (Å²) in [5.41, 5.74) is 3.72. The molecule has 5 nitrogen and oxygen atoms in total. The lowest BCUT2D eigenvalue weighted by Crippen LogP contribution is -2.26. The van der Waals surface area contributed by atoms with Crippen LogP contribution in [0.2, 0.25) is 0 Å². The predicted molar refractivity (Wildman–Crippen MR) is 110 cm³/mol. The molecule has 3 aromatic rings. The SMILES string of the molecule is CCn1nc(C)c(CN(C)C(=O)c2ccc(COc3c(F)c(F)cc(F)c3F)cc2)c1C. The van der Waals surface area contributed by atoms with Gasteiger partial charge in [0.15, 0.2) is 17.4 Å². The third-order valence-electron chi connectivity index (χ3n) is 5.23. The van der Waals surface area contributed by atoms with Gasteiger partial charge in [0, 0.05) is 43.0 Å². The second-order valence-corrected chi connectivity index (χ2v) is 7.41. The highest BCUT2D eigenvalue weighted by Crippen LogP contribution is 2.27. The van der Waals surface area contributed by atoms with Gasteiger partial charge in [-0.3, -0.25) is 9.48 Å². The quantitative estimate of drug-likeness (QED) is 0.380. The van der Waals surface area contributed by atoms with E-state index < -0.39 is 29.0 Å². The van der Waals surface area contributed by atoms with Crippen LogP contribution in [0.15, 0.2) is 30.3 Å². The van der Waals surface area contributed by atoms with Crippen molar-refractivity contribution in [3.05, 3.63) is 81.7 Å². The predicted octanol–water partition coefficient (Wildman–Crippen LogP) is 4.93. The van der Waals surface area contributed by atoms with Crippen LogP contribution in [-0.4, -0.2) is 27.6 Å². The summed E-state index contributed by atoms with van der Waals surface area (Å²) in [5.74, 6) is -7.63. The molecule has 0 fully saturated rings. The fraction of sp³-hybridized carbons (Fsp3) is 0.304. The maximum atomic E-state index is 13.7. The largest absolute Gasteiger partial charge is 0.483 e. The molecule has 170 valence electrons. The van der Waals surface area contributed by atoms with Gasteiger partial charge in [-0.2, -0.15) is 13.9 Å². The summed E-state index contributed by atoms with van der Waals surface area (Å²) in [6.07, 6.45) is 0.